The first-order chi connectivity index (χ1) is 12.8. The molecule has 1 atom stereocenters. The SMILES string of the molecule is CCOc1ccc(C(=O)OC(C)C(=O)c2[nH]c(C)c(C(=O)OC)c2C)cc1. The highest BCUT2D eigenvalue weighted by atomic mass is 16.5. The molecule has 0 aliphatic heterocycles. The van der Waals surface area contributed by atoms with Crippen molar-refractivity contribution in [3.63, 3.8) is 0 Å². The van der Waals surface area contributed by atoms with Crippen molar-refractivity contribution in [1.82, 2.24) is 4.98 Å². The molecule has 0 aliphatic rings. The van der Waals surface area contributed by atoms with E-state index in [4.69, 9.17) is 14.2 Å². The number of ketones is 1. The third-order valence-electron chi connectivity index (χ3n) is 4.13. The van der Waals surface area contributed by atoms with Gasteiger partial charge in [-0.3, -0.25) is 4.79 Å². The molecule has 0 bridgehead atoms. The fourth-order valence-corrected chi connectivity index (χ4v) is 2.74. The number of aryl methyl sites for hydroxylation is 1. The Kier molecular flexibility index (Phi) is 6.39. The van der Waals surface area contributed by atoms with Crippen molar-refractivity contribution in [2.24, 2.45) is 0 Å². The van der Waals surface area contributed by atoms with E-state index in [1.54, 1.807) is 38.1 Å². The van der Waals surface area contributed by atoms with Gasteiger partial charge in [0.25, 0.3) is 0 Å². The first-order valence-electron chi connectivity index (χ1n) is 8.55. The average molecular weight is 373 g/mol. The predicted molar refractivity (Wildman–Crippen MR) is 98.4 cm³/mol. The van der Waals surface area contributed by atoms with Crippen LogP contribution in [0, 0.1) is 13.8 Å². The first kappa shape index (κ1) is 20.2. The van der Waals surface area contributed by atoms with Crippen molar-refractivity contribution in [3.05, 3.63) is 52.3 Å². The van der Waals surface area contributed by atoms with Crippen LogP contribution in [0.5, 0.6) is 5.75 Å². The van der Waals surface area contributed by atoms with Crippen LogP contribution in [0.25, 0.3) is 0 Å². The van der Waals surface area contributed by atoms with Crippen molar-refractivity contribution in [2.45, 2.75) is 33.8 Å². The lowest BCUT2D eigenvalue weighted by molar-refractivity contribution is 0.0316. The molecule has 7 nitrogen and oxygen atoms in total. The number of rotatable bonds is 7. The summed E-state index contributed by atoms with van der Waals surface area (Å²) in [5, 5.41) is 0. The predicted octanol–water partition coefficient (Wildman–Crippen LogP) is 3.25. The van der Waals surface area contributed by atoms with Gasteiger partial charge < -0.3 is 19.2 Å². The summed E-state index contributed by atoms with van der Waals surface area (Å²) < 4.78 is 15.3. The van der Waals surface area contributed by atoms with Crippen LogP contribution in [-0.2, 0) is 9.47 Å². The van der Waals surface area contributed by atoms with Crippen molar-refractivity contribution in [2.75, 3.05) is 13.7 Å². The van der Waals surface area contributed by atoms with Gasteiger partial charge in [0.15, 0.2) is 6.10 Å². The van der Waals surface area contributed by atoms with E-state index in [0.717, 1.165) is 0 Å². The molecule has 27 heavy (non-hydrogen) atoms. The van der Waals surface area contributed by atoms with Gasteiger partial charge in [-0.15, -0.1) is 0 Å². The lowest BCUT2D eigenvalue weighted by Crippen LogP contribution is -2.25. The Labute approximate surface area is 157 Å². The standard InChI is InChI=1S/C20H23NO6/c1-6-26-15-9-7-14(8-10-15)19(23)27-13(4)18(22)17-11(2)16(12(3)21-17)20(24)25-5/h7-10,13,21H,6H2,1-5H3. The second kappa shape index (κ2) is 8.53. The third-order valence-corrected chi connectivity index (χ3v) is 4.13. The number of methoxy groups -OCH3 is 1. The van der Waals surface area contributed by atoms with Crippen LogP contribution in [0.4, 0.5) is 0 Å². The maximum Gasteiger partial charge on any atom is 0.339 e. The third kappa shape index (κ3) is 4.36. The molecular weight excluding hydrogens is 350 g/mol. The van der Waals surface area contributed by atoms with E-state index in [2.05, 4.69) is 4.98 Å². The number of nitrogens with one attached hydrogen (secondary N) is 1. The zero-order valence-electron chi connectivity index (χ0n) is 16.0. The van der Waals surface area contributed by atoms with Crippen molar-refractivity contribution >= 4 is 17.7 Å². The maximum absolute atomic E-state index is 12.7. The average Bonchev–Trinajstić information content (AvgIpc) is 2.95. The van der Waals surface area contributed by atoms with Gasteiger partial charge in [-0.2, -0.15) is 0 Å². The molecule has 0 saturated carbocycles. The fraction of sp³-hybridized carbons (Fsp3) is 0.350. The van der Waals surface area contributed by atoms with Gasteiger partial charge in [-0.05, 0) is 57.5 Å². The number of aromatic amines is 1. The number of carbonyl (C=O) groups excluding carboxylic acids is 3. The summed E-state index contributed by atoms with van der Waals surface area (Å²) in [4.78, 5) is 39.7. The number of esters is 2. The Hall–Kier alpha value is -3.09. The van der Waals surface area contributed by atoms with Crippen LogP contribution in [0.1, 0.15) is 56.3 Å². The molecule has 0 amide bonds. The molecule has 1 N–H and O–H groups in total. The van der Waals surface area contributed by atoms with Gasteiger partial charge in [0, 0.05) is 5.69 Å². The summed E-state index contributed by atoms with van der Waals surface area (Å²) in [6, 6.07) is 6.47. The summed E-state index contributed by atoms with van der Waals surface area (Å²) in [6.45, 7) is 7.20. The van der Waals surface area contributed by atoms with Crippen molar-refractivity contribution < 1.29 is 28.6 Å². The topological polar surface area (TPSA) is 94.7 Å². The van der Waals surface area contributed by atoms with Crippen LogP contribution in [0.2, 0.25) is 0 Å². The largest absolute Gasteiger partial charge is 0.494 e. The zero-order chi connectivity index (χ0) is 20.1. The van der Waals surface area contributed by atoms with Crippen LogP contribution in [0.3, 0.4) is 0 Å². The summed E-state index contributed by atoms with van der Waals surface area (Å²) in [5.41, 5.74) is 1.83. The van der Waals surface area contributed by atoms with Gasteiger partial charge in [-0.1, -0.05) is 0 Å². The fourth-order valence-electron chi connectivity index (χ4n) is 2.74. The number of ether oxygens (including phenoxy) is 3. The molecule has 1 heterocycles. The Morgan fingerprint density at radius 2 is 1.70 bits per heavy atom. The van der Waals surface area contributed by atoms with Crippen LogP contribution in [0.15, 0.2) is 24.3 Å². The molecule has 144 valence electrons. The number of benzene rings is 1. The summed E-state index contributed by atoms with van der Waals surface area (Å²) in [6.07, 6.45) is -1.02. The Morgan fingerprint density at radius 3 is 2.26 bits per heavy atom. The minimum atomic E-state index is -1.02. The molecule has 0 saturated heterocycles. The van der Waals surface area contributed by atoms with E-state index >= 15 is 0 Å². The quantitative estimate of drug-likeness (QED) is 0.591. The van der Waals surface area contributed by atoms with Gasteiger partial charge >= 0.3 is 11.9 Å². The van der Waals surface area contributed by atoms with Crippen molar-refractivity contribution in [3.8, 4) is 5.75 Å². The second-order valence-corrected chi connectivity index (χ2v) is 5.99. The summed E-state index contributed by atoms with van der Waals surface area (Å²) in [7, 11) is 1.27. The van der Waals surface area contributed by atoms with E-state index in [1.807, 2.05) is 6.92 Å². The lowest BCUT2D eigenvalue weighted by atomic mass is 10.1. The molecule has 1 aromatic heterocycles. The van der Waals surface area contributed by atoms with Crippen molar-refractivity contribution in [1.29, 1.82) is 0 Å². The van der Waals surface area contributed by atoms with Crippen LogP contribution < -0.4 is 4.74 Å². The number of Topliss-reactive ketones (excluding diaryl/α,β-unsaturated/α-hetero) is 1. The van der Waals surface area contributed by atoms with E-state index in [0.29, 0.717) is 34.7 Å². The highest BCUT2D eigenvalue weighted by Crippen LogP contribution is 2.21. The van der Waals surface area contributed by atoms with Gasteiger partial charge in [0.1, 0.15) is 5.75 Å². The first-order valence-corrected chi connectivity index (χ1v) is 8.55. The van der Waals surface area contributed by atoms with Crippen LogP contribution in [-0.4, -0.2) is 42.5 Å². The number of H-pyrrole nitrogens is 1. The Morgan fingerprint density at radius 1 is 1.07 bits per heavy atom. The second-order valence-electron chi connectivity index (χ2n) is 5.99. The highest BCUT2D eigenvalue weighted by Gasteiger charge is 2.27. The maximum atomic E-state index is 12.7. The van der Waals surface area contributed by atoms with E-state index in [9.17, 15) is 14.4 Å². The zero-order valence-corrected chi connectivity index (χ0v) is 16.0. The molecule has 0 fully saturated rings. The molecule has 0 spiro atoms. The molecule has 1 aromatic carbocycles. The minimum Gasteiger partial charge on any atom is -0.494 e. The van der Waals surface area contributed by atoms with Gasteiger partial charge in [-0.25, -0.2) is 9.59 Å². The highest BCUT2D eigenvalue weighted by molar-refractivity contribution is 6.04. The number of hydrogen-bond donors (Lipinski definition) is 1. The molecular formula is C20H23NO6. The molecule has 0 radical (unpaired) electrons. The molecule has 0 aliphatic carbocycles. The Bertz CT molecular complexity index is 850. The minimum absolute atomic E-state index is 0.222. The monoisotopic (exact) mass is 373 g/mol. The van der Waals surface area contributed by atoms with Crippen LogP contribution >= 0.6 is 0 Å². The van der Waals surface area contributed by atoms with Gasteiger partial charge in [0.2, 0.25) is 5.78 Å². The van der Waals surface area contributed by atoms with E-state index in [1.165, 1.54) is 14.0 Å². The molecule has 1 unspecified atom stereocenters. The van der Waals surface area contributed by atoms with E-state index in [-0.39, 0.29) is 5.69 Å². The molecule has 7 heteroatoms. The number of carbonyl (C=O) groups is 3. The molecule has 2 aromatic rings. The number of aromatic nitrogens is 1. The van der Waals surface area contributed by atoms with Gasteiger partial charge in [0.05, 0.1) is 30.5 Å². The summed E-state index contributed by atoms with van der Waals surface area (Å²) in [5.74, 6) is -0.927. The lowest BCUT2D eigenvalue weighted by Gasteiger charge is -2.12. The number of hydrogen-bond acceptors (Lipinski definition) is 6. The summed E-state index contributed by atoms with van der Waals surface area (Å²) >= 11 is 0. The Balaban J connectivity index is 2.13. The molecule has 2 rings (SSSR count). The smallest absolute Gasteiger partial charge is 0.339 e. The normalized spacial score (nSPS) is 11.6. The van der Waals surface area contributed by atoms with E-state index < -0.39 is 23.8 Å².